The van der Waals surface area contributed by atoms with Crippen LogP contribution in [0.5, 0.6) is 0 Å². The predicted octanol–water partition coefficient (Wildman–Crippen LogP) is 6.24. The molecule has 1 amide bonds. The summed E-state index contributed by atoms with van der Waals surface area (Å²) in [6.45, 7) is 8.48. The van der Waals surface area contributed by atoms with E-state index in [4.69, 9.17) is 0 Å². The van der Waals surface area contributed by atoms with Crippen LogP contribution in [0.25, 0.3) is 0 Å². The Balaban J connectivity index is 0.0000109. The number of nitrogens with one attached hydrogen (secondary N) is 1. The maximum absolute atomic E-state index is 12.6. The van der Waals surface area contributed by atoms with E-state index in [0.717, 1.165) is 38.5 Å². The summed E-state index contributed by atoms with van der Waals surface area (Å²) < 4.78 is 0. The first-order valence-corrected chi connectivity index (χ1v) is 13.1. The molecule has 7 heteroatoms. The van der Waals surface area contributed by atoms with Crippen LogP contribution in [-0.4, -0.2) is 45.6 Å². The number of hydrogen-bond acceptors (Lipinski definition) is 4. The molecule has 0 heterocycles. The molecule has 194 valence electrons. The summed E-state index contributed by atoms with van der Waals surface area (Å²) in [6.07, 6.45) is 13.3. The molecule has 0 spiro atoms. The minimum atomic E-state index is -1.09. The molecular formula is C27H45NO5S. The summed E-state index contributed by atoms with van der Waals surface area (Å²) in [7, 11) is 0. The van der Waals surface area contributed by atoms with Gasteiger partial charge >= 0.3 is 11.9 Å². The van der Waals surface area contributed by atoms with Crippen LogP contribution in [0.15, 0.2) is 34.9 Å². The molecule has 0 radical (unpaired) electrons. The summed E-state index contributed by atoms with van der Waals surface area (Å²) in [6, 6.07) is -1.01. The number of aliphatic carboxylic acids is 2. The fourth-order valence-electron chi connectivity index (χ4n) is 3.92. The highest BCUT2D eigenvalue weighted by molar-refractivity contribution is 7.99. The zero-order chi connectivity index (χ0) is 24.8. The molecule has 3 N–H and O–H groups in total. The number of carbonyl (C=O) groups excluding carboxylic acids is 1. The van der Waals surface area contributed by atoms with Gasteiger partial charge in [0.2, 0.25) is 5.91 Å². The minimum Gasteiger partial charge on any atom is -0.481 e. The van der Waals surface area contributed by atoms with Crippen LogP contribution in [0.1, 0.15) is 86.5 Å². The number of thioether (sulfide) groups is 1. The largest absolute Gasteiger partial charge is 0.481 e. The average molecular weight is 496 g/mol. The third-order valence-corrected chi connectivity index (χ3v) is 6.96. The molecule has 6 nitrogen and oxygen atoms in total. The summed E-state index contributed by atoms with van der Waals surface area (Å²) in [4.78, 5) is 35.6. The first kappa shape index (κ1) is 32.0. The third-order valence-electron chi connectivity index (χ3n) is 5.99. The third kappa shape index (κ3) is 13.0. The first-order valence-electron chi connectivity index (χ1n) is 11.9. The molecule has 0 bridgehead atoms. The highest BCUT2D eigenvalue weighted by atomic mass is 32.2. The van der Waals surface area contributed by atoms with Gasteiger partial charge in [0.25, 0.3) is 0 Å². The van der Waals surface area contributed by atoms with Crippen LogP contribution in [0.3, 0.4) is 0 Å². The van der Waals surface area contributed by atoms with Crippen molar-refractivity contribution in [2.45, 2.75) is 92.5 Å². The maximum atomic E-state index is 12.6. The predicted molar refractivity (Wildman–Crippen MR) is 142 cm³/mol. The second-order valence-corrected chi connectivity index (χ2v) is 10.3. The highest BCUT2D eigenvalue weighted by Crippen LogP contribution is 2.30. The van der Waals surface area contributed by atoms with E-state index in [1.807, 2.05) is 0 Å². The van der Waals surface area contributed by atoms with Gasteiger partial charge in [-0.1, -0.05) is 55.2 Å². The molecule has 2 unspecified atom stereocenters. The molecule has 1 fully saturated rings. The van der Waals surface area contributed by atoms with Gasteiger partial charge in [-0.15, -0.1) is 0 Å². The lowest BCUT2D eigenvalue weighted by Gasteiger charge is -2.28. The Morgan fingerprint density at radius 1 is 0.912 bits per heavy atom. The summed E-state index contributed by atoms with van der Waals surface area (Å²) in [5.74, 6) is -2.97. The number of hydrogen-bond donors (Lipinski definition) is 3. The van der Waals surface area contributed by atoms with Crippen molar-refractivity contribution in [1.29, 1.82) is 0 Å². The van der Waals surface area contributed by atoms with E-state index in [-0.39, 0.29) is 13.2 Å². The van der Waals surface area contributed by atoms with E-state index in [1.54, 1.807) is 0 Å². The van der Waals surface area contributed by atoms with E-state index >= 15 is 0 Å². The average Bonchev–Trinajstić information content (AvgIpc) is 2.75. The molecule has 3 atom stereocenters. The Hall–Kier alpha value is -2.02. The van der Waals surface area contributed by atoms with Gasteiger partial charge in [0.1, 0.15) is 6.04 Å². The molecule has 1 aliphatic carbocycles. The molecule has 0 aromatic heterocycles. The van der Waals surface area contributed by atoms with Crippen LogP contribution >= 0.6 is 11.8 Å². The highest BCUT2D eigenvalue weighted by Gasteiger charge is 2.37. The lowest BCUT2D eigenvalue weighted by atomic mass is 9.78. The van der Waals surface area contributed by atoms with E-state index < -0.39 is 35.7 Å². The molecule has 1 aliphatic rings. The Morgan fingerprint density at radius 3 is 2.03 bits per heavy atom. The van der Waals surface area contributed by atoms with Crippen molar-refractivity contribution >= 4 is 29.6 Å². The fraction of sp³-hybridized carbons (Fsp3) is 0.667. The van der Waals surface area contributed by atoms with Gasteiger partial charge < -0.3 is 15.5 Å². The van der Waals surface area contributed by atoms with Crippen LogP contribution in [0, 0.1) is 11.8 Å². The van der Waals surface area contributed by atoms with Crippen LogP contribution in [-0.2, 0) is 14.4 Å². The van der Waals surface area contributed by atoms with Crippen molar-refractivity contribution in [3.8, 4) is 0 Å². The number of carboxylic acid groups (broad SMARTS) is 2. The van der Waals surface area contributed by atoms with Gasteiger partial charge in [-0.3, -0.25) is 9.59 Å². The molecule has 0 aromatic carbocycles. The maximum Gasteiger partial charge on any atom is 0.327 e. The number of carboxylic acids is 2. The Bertz CT molecular complexity index is 752. The smallest absolute Gasteiger partial charge is 0.327 e. The van der Waals surface area contributed by atoms with Crippen LogP contribution < -0.4 is 5.32 Å². The zero-order valence-corrected chi connectivity index (χ0v) is 21.4. The topological polar surface area (TPSA) is 104 Å². The van der Waals surface area contributed by atoms with Gasteiger partial charge in [0.15, 0.2) is 0 Å². The Kier molecular flexibility index (Phi) is 16.4. The Morgan fingerprint density at radius 2 is 1.47 bits per heavy atom. The fourth-order valence-corrected chi connectivity index (χ4v) is 4.92. The summed E-state index contributed by atoms with van der Waals surface area (Å²) in [5, 5.41) is 21.4. The van der Waals surface area contributed by atoms with Gasteiger partial charge in [-0.05, 0) is 66.2 Å². The van der Waals surface area contributed by atoms with Crippen molar-refractivity contribution in [2.75, 3.05) is 11.5 Å². The number of allylic oxidation sites excluding steroid dienone is 5. The van der Waals surface area contributed by atoms with E-state index in [0.29, 0.717) is 18.6 Å². The van der Waals surface area contributed by atoms with Crippen LogP contribution in [0.2, 0.25) is 0 Å². The number of amides is 1. The van der Waals surface area contributed by atoms with E-state index in [9.17, 15) is 24.6 Å². The lowest BCUT2D eigenvalue weighted by molar-refractivity contribution is -0.149. The van der Waals surface area contributed by atoms with Gasteiger partial charge in [0.05, 0.1) is 11.8 Å². The standard InChI is InChI=1S/C26H41NO5S.CH4/c1-18(2)9-7-10-19(3)11-8-12-20(4)15-16-33-17-23(26(31)32)27-24(28)21-13-5-6-14-22(21)25(29)30;/h9,11,15,21-23H,5-8,10,12-14,16-17H2,1-4H3,(H,27,28)(H,29,30)(H,31,32);1H4/b19-11+,20-15+;/t21?,22?,23-;/m0./s1. The molecule has 34 heavy (non-hydrogen) atoms. The van der Waals surface area contributed by atoms with Crippen molar-refractivity contribution in [1.82, 2.24) is 5.32 Å². The van der Waals surface area contributed by atoms with Gasteiger partial charge in [-0.25, -0.2) is 4.79 Å². The van der Waals surface area contributed by atoms with Gasteiger partial charge in [0, 0.05) is 11.5 Å². The molecule has 0 aliphatic heterocycles. The Labute approximate surface area is 210 Å². The van der Waals surface area contributed by atoms with Gasteiger partial charge in [-0.2, -0.15) is 11.8 Å². The molecule has 1 saturated carbocycles. The van der Waals surface area contributed by atoms with E-state index in [1.165, 1.54) is 28.5 Å². The summed E-state index contributed by atoms with van der Waals surface area (Å²) in [5.41, 5.74) is 4.01. The first-order chi connectivity index (χ1) is 15.6. The zero-order valence-electron chi connectivity index (χ0n) is 20.6. The van der Waals surface area contributed by atoms with Crippen molar-refractivity contribution < 1.29 is 24.6 Å². The quantitative estimate of drug-likeness (QED) is 0.195. The van der Waals surface area contributed by atoms with Crippen molar-refractivity contribution in [3.63, 3.8) is 0 Å². The molecule has 0 saturated heterocycles. The second-order valence-electron chi connectivity index (χ2n) is 9.23. The van der Waals surface area contributed by atoms with Crippen molar-refractivity contribution in [3.05, 3.63) is 34.9 Å². The lowest BCUT2D eigenvalue weighted by Crippen LogP contribution is -2.48. The minimum absolute atomic E-state index is 0. The molecule has 0 aromatic rings. The molecule has 1 rings (SSSR count). The second kappa shape index (κ2) is 17.4. The van der Waals surface area contributed by atoms with E-state index in [2.05, 4.69) is 51.2 Å². The number of carbonyl (C=O) groups is 3. The SMILES string of the molecule is C.CC(C)=CCC/C(C)=C/CC/C(C)=C/CSC[C@H](NC(=O)C1CCCCC1C(=O)O)C(=O)O. The van der Waals surface area contributed by atoms with Crippen molar-refractivity contribution in [2.24, 2.45) is 11.8 Å². The molecular weight excluding hydrogens is 450 g/mol. The summed E-state index contributed by atoms with van der Waals surface area (Å²) >= 11 is 1.46. The normalized spacial score (nSPS) is 19.5. The number of rotatable bonds is 14. The van der Waals surface area contributed by atoms with Crippen LogP contribution in [0.4, 0.5) is 0 Å². The monoisotopic (exact) mass is 495 g/mol.